The van der Waals surface area contributed by atoms with Crippen molar-refractivity contribution < 1.29 is 18.3 Å². The van der Waals surface area contributed by atoms with E-state index in [-0.39, 0.29) is 30.9 Å². The highest BCUT2D eigenvalue weighted by atomic mass is 19.3. The average Bonchev–Trinajstić information content (AvgIpc) is 2.98. The summed E-state index contributed by atoms with van der Waals surface area (Å²) in [4.78, 5) is 20.6. The number of morpholine rings is 1. The molecule has 0 radical (unpaired) electrons. The van der Waals surface area contributed by atoms with Gasteiger partial charge in [0.15, 0.2) is 0 Å². The molecule has 0 N–H and O–H groups in total. The number of nitrogens with zero attached hydrogens (tertiary/aromatic N) is 3. The maximum atomic E-state index is 13.0. The number of fused-ring (bicyclic) bond motifs is 1. The molecule has 2 atom stereocenters. The summed E-state index contributed by atoms with van der Waals surface area (Å²) in [5.74, 6) is -3.32. The number of halogens is 2. The molecule has 0 bridgehead atoms. The molecule has 1 aliphatic carbocycles. The molecule has 0 unspecified atom stereocenters. The second kappa shape index (κ2) is 6.04. The van der Waals surface area contributed by atoms with Gasteiger partial charge in [-0.2, -0.15) is 0 Å². The summed E-state index contributed by atoms with van der Waals surface area (Å²) in [7, 11) is 0. The Kier molecular flexibility index (Phi) is 4.00. The Bertz CT molecular complexity index is 605. The van der Waals surface area contributed by atoms with Gasteiger partial charge in [0.2, 0.25) is 11.8 Å². The number of hydrogen-bond acceptors (Lipinski definition) is 4. The van der Waals surface area contributed by atoms with E-state index >= 15 is 0 Å². The Hall–Kier alpha value is -1.60. The van der Waals surface area contributed by atoms with E-state index in [1.165, 1.54) is 0 Å². The maximum absolute atomic E-state index is 13.0. The van der Waals surface area contributed by atoms with Crippen LogP contribution in [0.1, 0.15) is 18.4 Å². The lowest BCUT2D eigenvalue weighted by atomic mass is 9.80. The van der Waals surface area contributed by atoms with Crippen LogP contribution in [0, 0.1) is 5.92 Å². The standard InChI is InChI=1S/C17H21F2N3O2/c18-17(19)6-13(7-17)16(23)22-10-14-15(11-22)24-5-4-21(14)9-12-2-1-3-20-8-12/h1-3,8,13-15H,4-7,9-11H2/t14-,15+/m1/s1. The maximum Gasteiger partial charge on any atom is 0.249 e. The summed E-state index contributed by atoms with van der Waals surface area (Å²) in [6.45, 7) is 3.27. The predicted molar refractivity (Wildman–Crippen MR) is 82.4 cm³/mol. The zero-order chi connectivity index (χ0) is 16.7. The quantitative estimate of drug-likeness (QED) is 0.839. The molecule has 2 saturated heterocycles. The molecule has 3 heterocycles. The van der Waals surface area contributed by atoms with Crippen LogP contribution >= 0.6 is 0 Å². The van der Waals surface area contributed by atoms with E-state index in [0.29, 0.717) is 19.7 Å². The molecule has 24 heavy (non-hydrogen) atoms. The molecule has 3 fully saturated rings. The van der Waals surface area contributed by atoms with Crippen molar-refractivity contribution in [3.05, 3.63) is 30.1 Å². The summed E-state index contributed by atoms with van der Waals surface area (Å²) >= 11 is 0. The molecule has 0 aromatic carbocycles. The van der Waals surface area contributed by atoms with Crippen molar-refractivity contribution in [1.82, 2.24) is 14.8 Å². The van der Waals surface area contributed by atoms with Crippen molar-refractivity contribution in [3.8, 4) is 0 Å². The average molecular weight is 337 g/mol. The van der Waals surface area contributed by atoms with Gasteiger partial charge in [0.05, 0.1) is 18.8 Å². The third-order valence-electron chi connectivity index (χ3n) is 5.28. The van der Waals surface area contributed by atoms with Gasteiger partial charge in [-0.05, 0) is 11.6 Å². The summed E-state index contributed by atoms with van der Waals surface area (Å²) in [5, 5.41) is 0. The number of carbonyl (C=O) groups is 1. The molecule has 5 nitrogen and oxygen atoms in total. The highest BCUT2D eigenvalue weighted by molar-refractivity contribution is 5.80. The van der Waals surface area contributed by atoms with E-state index in [0.717, 1.165) is 18.7 Å². The largest absolute Gasteiger partial charge is 0.373 e. The number of amides is 1. The number of carbonyl (C=O) groups excluding carboxylic acids is 1. The number of hydrogen-bond donors (Lipinski definition) is 0. The van der Waals surface area contributed by atoms with Crippen LogP contribution in [0.4, 0.5) is 8.78 Å². The van der Waals surface area contributed by atoms with Crippen LogP contribution in [0.3, 0.4) is 0 Å². The van der Waals surface area contributed by atoms with Gasteiger partial charge < -0.3 is 9.64 Å². The Balaban J connectivity index is 1.40. The van der Waals surface area contributed by atoms with Crippen molar-refractivity contribution in [2.75, 3.05) is 26.2 Å². The van der Waals surface area contributed by atoms with Gasteiger partial charge in [-0.1, -0.05) is 6.07 Å². The molecule has 1 aromatic rings. The minimum atomic E-state index is -2.66. The SMILES string of the molecule is O=C(C1CC(F)(F)C1)N1C[C@@H]2OCCN(Cc3cccnc3)[C@@H]2C1. The Morgan fingerprint density at radius 2 is 2.21 bits per heavy atom. The van der Waals surface area contributed by atoms with Gasteiger partial charge in [0.1, 0.15) is 0 Å². The third-order valence-corrected chi connectivity index (χ3v) is 5.28. The molecular weight excluding hydrogens is 316 g/mol. The van der Waals surface area contributed by atoms with Gasteiger partial charge in [-0.3, -0.25) is 14.7 Å². The summed E-state index contributed by atoms with van der Waals surface area (Å²) < 4.78 is 31.9. The molecule has 2 aliphatic heterocycles. The minimum Gasteiger partial charge on any atom is -0.373 e. The lowest BCUT2D eigenvalue weighted by molar-refractivity contribution is -0.159. The highest BCUT2D eigenvalue weighted by Crippen LogP contribution is 2.43. The van der Waals surface area contributed by atoms with Crippen molar-refractivity contribution in [3.63, 3.8) is 0 Å². The highest BCUT2D eigenvalue weighted by Gasteiger charge is 2.52. The molecule has 1 amide bonds. The first-order valence-corrected chi connectivity index (χ1v) is 8.43. The number of ether oxygens (including phenoxy) is 1. The summed E-state index contributed by atoms with van der Waals surface area (Å²) in [5.41, 5.74) is 1.13. The molecule has 130 valence electrons. The van der Waals surface area contributed by atoms with E-state index in [9.17, 15) is 13.6 Å². The predicted octanol–water partition coefficient (Wildman–Crippen LogP) is 1.54. The zero-order valence-electron chi connectivity index (χ0n) is 13.4. The first kappa shape index (κ1) is 15.9. The molecule has 7 heteroatoms. The van der Waals surface area contributed by atoms with Crippen LogP contribution in [0.2, 0.25) is 0 Å². The van der Waals surface area contributed by atoms with E-state index in [1.54, 1.807) is 11.1 Å². The van der Waals surface area contributed by atoms with E-state index < -0.39 is 11.8 Å². The number of likely N-dealkylation sites (tertiary alicyclic amines) is 1. The number of rotatable bonds is 3. The number of alkyl halides is 2. The van der Waals surface area contributed by atoms with Gasteiger partial charge in [-0.25, -0.2) is 8.78 Å². The van der Waals surface area contributed by atoms with Crippen molar-refractivity contribution in [2.24, 2.45) is 5.92 Å². The molecule has 1 aromatic heterocycles. The summed E-state index contributed by atoms with van der Waals surface area (Å²) in [6.07, 6.45) is 2.95. The Labute approximate surface area is 139 Å². The molecular formula is C17H21F2N3O2. The number of aromatic nitrogens is 1. The number of pyridine rings is 1. The summed E-state index contributed by atoms with van der Waals surface area (Å²) in [6, 6.07) is 4.07. The van der Waals surface area contributed by atoms with Crippen molar-refractivity contribution in [2.45, 2.75) is 37.5 Å². The van der Waals surface area contributed by atoms with Gasteiger partial charge in [-0.15, -0.1) is 0 Å². The topological polar surface area (TPSA) is 45.7 Å². The smallest absolute Gasteiger partial charge is 0.249 e. The Morgan fingerprint density at radius 1 is 1.38 bits per heavy atom. The second-order valence-corrected chi connectivity index (χ2v) is 7.01. The fourth-order valence-electron chi connectivity index (χ4n) is 3.95. The first-order valence-electron chi connectivity index (χ1n) is 8.43. The van der Waals surface area contributed by atoms with Crippen LogP contribution in [-0.4, -0.2) is 65.0 Å². The molecule has 0 spiro atoms. The lowest BCUT2D eigenvalue weighted by Crippen LogP contribution is -2.50. The van der Waals surface area contributed by atoms with Gasteiger partial charge in [0, 0.05) is 57.3 Å². The van der Waals surface area contributed by atoms with E-state index in [2.05, 4.69) is 9.88 Å². The third kappa shape index (κ3) is 3.02. The van der Waals surface area contributed by atoms with Crippen molar-refractivity contribution >= 4 is 5.91 Å². The molecule has 1 saturated carbocycles. The lowest BCUT2D eigenvalue weighted by Gasteiger charge is -2.37. The first-order chi connectivity index (χ1) is 11.5. The van der Waals surface area contributed by atoms with Crippen molar-refractivity contribution in [1.29, 1.82) is 0 Å². The minimum absolute atomic E-state index is 0.0278. The van der Waals surface area contributed by atoms with Crippen LogP contribution in [0.5, 0.6) is 0 Å². The van der Waals surface area contributed by atoms with Crippen LogP contribution in [0.15, 0.2) is 24.5 Å². The molecule has 4 rings (SSSR count). The van der Waals surface area contributed by atoms with Crippen LogP contribution in [-0.2, 0) is 16.1 Å². The van der Waals surface area contributed by atoms with E-state index in [1.807, 2.05) is 18.3 Å². The van der Waals surface area contributed by atoms with Crippen LogP contribution in [0.25, 0.3) is 0 Å². The van der Waals surface area contributed by atoms with Gasteiger partial charge >= 0.3 is 0 Å². The monoisotopic (exact) mass is 337 g/mol. The molecule has 3 aliphatic rings. The Morgan fingerprint density at radius 3 is 2.92 bits per heavy atom. The van der Waals surface area contributed by atoms with E-state index in [4.69, 9.17) is 4.74 Å². The fraction of sp³-hybridized carbons (Fsp3) is 0.647. The second-order valence-electron chi connectivity index (χ2n) is 7.01. The van der Waals surface area contributed by atoms with Crippen LogP contribution < -0.4 is 0 Å². The fourth-order valence-corrected chi connectivity index (χ4v) is 3.95. The normalized spacial score (nSPS) is 30.0. The van der Waals surface area contributed by atoms with Gasteiger partial charge in [0.25, 0.3) is 0 Å². The zero-order valence-corrected chi connectivity index (χ0v) is 13.4.